The molecule has 0 saturated carbocycles. The largest absolute Gasteiger partial charge is 1.00 e. The number of hydrogen-bond donors (Lipinski definition) is 1. The molecule has 1 saturated heterocycles. The van der Waals surface area contributed by atoms with Gasteiger partial charge in [-0.1, -0.05) is 0 Å². The summed E-state index contributed by atoms with van der Waals surface area (Å²) in [7, 11) is 1.72. The van der Waals surface area contributed by atoms with Crippen molar-refractivity contribution in [3.8, 4) is 0 Å². The van der Waals surface area contributed by atoms with Crippen LogP contribution in [0.4, 0.5) is 0 Å². The van der Waals surface area contributed by atoms with E-state index in [0.717, 1.165) is 5.82 Å². The van der Waals surface area contributed by atoms with Crippen LogP contribution in [0.1, 0.15) is 12.9 Å². The Morgan fingerprint density at radius 1 is 1.46 bits per heavy atom. The second-order valence-corrected chi connectivity index (χ2v) is 6.49. The van der Waals surface area contributed by atoms with Gasteiger partial charge in [-0.25, -0.2) is 9.78 Å². The zero-order valence-electron chi connectivity index (χ0n) is 14.1. The van der Waals surface area contributed by atoms with E-state index in [0.29, 0.717) is 17.8 Å². The van der Waals surface area contributed by atoms with Crippen LogP contribution in [-0.4, -0.2) is 54.7 Å². The number of β-lactam (4-membered cyclic amide) rings is 1. The van der Waals surface area contributed by atoms with Gasteiger partial charge in [0.15, 0.2) is 0 Å². The molecule has 0 aliphatic carbocycles. The van der Waals surface area contributed by atoms with E-state index in [1.807, 2.05) is 0 Å². The van der Waals surface area contributed by atoms with Crippen molar-refractivity contribution in [2.24, 2.45) is 0 Å². The molecule has 2 amide bonds. The monoisotopic (exact) mass is 356 g/mol. The Morgan fingerprint density at radius 3 is 2.92 bits per heavy atom. The van der Waals surface area contributed by atoms with Gasteiger partial charge in [0.05, 0.1) is 17.8 Å². The zero-order chi connectivity index (χ0) is 16.3. The topological polar surface area (TPSA) is 95.7 Å². The summed E-state index contributed by atoms with van der Waals surface area (Å²) in [5.74, 6) is -0.633. The Labute approximate surface area is 165 Å². The predicted molar refractivity (Wildman–Crippen MR) is 81.7 cm³/mol. The normalized spacial score (nSPS) is 23.5. The van der Waals surface area contributed by atoms with Crippen molar-refractivity contribution in [3.05, 3.63) is 34.4 Å². The number of imidazole rings is 1. The molecular weight excluding hydrogens is 343 g/mol. The van der Waals surface area contributed by atoms with E-state index in [2.05, 4.69) is 4.98 Å². The van der Waals surface area contributed by atoms with Crippen LogP contribution in [0.25, 0.3) is 6.08 Å². The Balaban J connectivity index is 0.00000113. The third-order valence-corrected chi connectivity index (χ3v) is 5.13. The molecule has 0 bridgehead atoms. The molecule has 24 heavy (non-hydrogen) atoms. The average molecular weight is 356 g/mol. The summed E-state index contributed by atoms with van der Waals surface area (Å²) in [6.07, 6.45) is 3.42. The van der Waals surface area contributed by atoms with Gasteiger partial charge in [-0.05, 0) is 6.08 Å². The molecule has 1 fully saturated rings. The molecule has 1 N–H and O–H groups in total. The van der Waals surface area contributed by atoms with Crippen molar-refractivity contribution >= 4 is 35.6 Å². The van der Waals surface area contributed by atoms with Crippen molar-refractivity contribution in [2.45, 2.75) is 18.5 Å². The van der Waals surface area contributed by atoms with Gasteiger partial charge in [0.1, 0.15) is 23.4 Å². The number of nitrogens with zero attached hydrogens (tertiary/aromatic N) is 4. The van der Waals surface area contributed by atoms with Crippen molar-refractivity contribution in [2.75, 3.05) is 7.05 Å². The fourth-order valence-corrected chi connectivity index (χ4v) is 3.92. The van der Waals surface area contributed by atoms with E-state index in [1.54, 1.807) is 28.8 Å². The minimum atomic E-state index is -1.11. The van der Waals surface area contributed by atoms with Gasteiger partial charge in [-0.3, -0.25) is 14.5 Å². The standard InChI is InChI=1S/C14H12N4O4S.Na.H/c1-16-4-10-15-7(3-17(10)5-11(16)19)2-8-12(20)18-9(14(21)22)6-23-13(8)18;;/h2-3,6,13H,4-5H2,1H3,(H,21,22);;/q;+1;-1/b8-2-;;. The maximum Gasteiger partial charge on any atom is 1.00 e. The molecule has 4 heterocycles. The van der Waals surface area contributed by atoms with E-state index < -0.39 is 5.97 Å². The number of carbonyl (C=O) groups excluding carboxylic acids is 2. The number of amides is 2. The van der Waals surface area contributed by atoms with Crippen LogP contribution in [-0.2, 0) is 27.5 Å². The number of rotatable bonds is 2. The number of aliphatic carboxylic acids is 1. The minimum Gasteiger partial charge on any atom is -1.00 e. The number of fused-ring (bicyclic) bond motifs is 2. The van der Waals surface area contributed by atoms with Gasteiger partial charge in [-0.2, -0.15) is 0 Å². The summed E-state index contributed by atoms with van der Waals surface area (Å²) < 4.78 is 1.78. The van der Waals surface area contributed by atoms with Crippen LogP contribution in [0.3, 0.4) is 0 Å². The van der Waals surface area contributed by atoms with E-state index in [-0.39, 0.29) is 60.4 Å². The zero-order valence-corrected chi connectivity index (χ0v) is 15.9. The van der Waals surface area contributed by atoms with Crippen LogP contribution in [0.5, 0.6) is 0 Å². The molecule has 3 aliphatic rings. The Morgan fingerprint density at radius 2 is 2.21 bits per heavy atom. The first kappa shape index (κ1) is 17.3. The number of carboxylic acid groups (broad SMARTS) is 1. The second kappa shape index (κ2) is 6.07. The SMILES string of the molecule is CN1Cc2nc(/C=C3/C(=O)N4C(C(=O)O)=CSC34)cn2CC1=O.[H-].[Na+]. The molecule has 0 aromatic carbocycles. The predicted octanol–water partition coefficient (Wildman–Crippen LogP) is -2.80. The van der Waals surface area contributed by atoms with Crippen LogP contribution in [0, 0.1) is 0 Å². The number of aromatic nitrogens is 2. The summed E-state index contributed by atoms with van der Waals surface area (Å²) in [5.41, 5.74) is 1.15. The number of hydrogen-bond acceptors (Lipinski definition) is 5. The summed E-state index contributed by atoms with van der Waals surface area (Å²) in [4.78, 5) is 42.2. The summed E-state index contributed by atoms with van der Waals surface area (Å²) in [6, 6.07) is 0. The van der Waals surface area contributed by atoms with Gasteiger partial charge in [0.2, 0.25) is 5.91 Å². The molecule has 1 aromatic heterocycles. The smallest absolute Gasteiger partial charge is 1.00 e. The Bertz CT molecular complexity index is 837. The number of likely N-dealkylation sites (N-methyl/N-ethyl adjacent to an activating group) is 1. The molecule has 1 atom stereocenters. The maximum absolute atomic E-state index is 12.2. The van der Waals surface area contributed by atoms with E-state index >= 15 is 0 Å². The Hall–Kier alpha value is -1.55. The molecule has 0 spiro atoms. The third kappa shape index (κ3) is 2.52. The molecule has 1 unspecified atom stereocenters. The Kier molecular flexibility index (Phi) is 4.37. The summed E-state index contributed by atoms with van der Waals surface area (Å²) in [5, 5.41) is 10.2. The first-order valence-electron chi connectivity index (χ1n) is 6.90. The third-order valence-electron chi connectivity index (χ3n) is 4.04. The van der Waals surface area contributed by atoms with Crippen LogP contribution >= 0.6 is 11.8 Å². The second-order valence-electron chi connectivity index (χ2n) is 5.53. The fraction of sp³-hybridized carbons (Fsp3) is 0.286. The number of carboxylic acids is 1. The molecule has 0 radical (unpaired) electrons. The summed E-state index contributed by atoms with van der Waals surface area (Å²) >= 11 is 1.29. The number of carbonyl (C=O) groups is 3. The molecule has 3 aliphatic heterocycles. The van der Waals surface area contributed by atoms with Gasteiger partial charge in [-0.15, -0.1) is 11.8 Å². The van der Waals surface area contributed by atoms with E-state index in [4.69, 9.17) is 5.11 Å². The van der Waals surface area contributed by atoms with Gasteiger partial charge in [0, 0.05) is 18.7 Å². The first-order chi connectivity index (χ1) is 11.0. The minimum absolute atomic E-state index is 0. The molecular formula is C14H13N4NaO4S. The van der Waals surface area contributed by atoms with Crippen molar-refractivity contribution < 1.29 is 50.5 Å². The fourth-order valence-electron chi connectivity index (χ4n) is 2.80. The van der Waals surface area contributed by atoms with Gasteiger partial charge < -0.3 is 16.0 Å². The average Bonchev–Trinajstić information content (AvgIpc) is 3.06. The molecule has 8 nitrogen and oxygen atoms in total. The van der Waals surface area contributed by atoms with Crippen LogP contribution < -0.4 is 29.6 Å². The van der Waals surface area contributed by atoms with Gasteiger partial charge in [0.25, 0.3) is 5.91 Å². The van der Waals surface area contributed by atoms with Crippen molar-refractivity contribution in [1.29, 1.82) is 0 Å². The summed E-state index contributed by atoms with van der Waals surface area (Å²) in [6.45, 7) is 0.677. The first-order valence-corrected chi connectivity index (χ1v) is 7.84. The quantitative estimate of drug-likeness (QED) is 0.349. The van der Waals surface area contributed by atoms with Crippen LogP contribution in [0.15, 0.2) is 22.9 Å². The molecule has 120 valence electrons. The van der Waals surface area contributed by atoms with Crippen molar-refractivity contribution in [3.63, 3.8) is 0 Å². The van der Waals surface area contributed by atoms with Crippen molar-refractivity contribution in [1.82, 2.24) is 19.4 Å². The van der Waals surface area contributed by atoms with Gasteiger partial charge >= 0.3 is 35.5 Å². The van der Waals surface area contributed by atoms with Crippen LogP contribution in [0.2, 0.25) is 0 Å². The maximum atomic E-state index is 12.2. The number of thioether (sulfide) groups is 1. The molecule has 10 heteroatoms. The van der Waals surface area contributed by atoms with E-state index in [9.17, 15) is 14.4 Å². The molecule has 1 aromatic rings. The van der Waals surface area contributed by atoms with E-state index in [1.165, 1.54) is 22.1 Å². The molecule has 4 rings (SSSR count).